The summed E-state index contributed by atoms with van der Waals surface area (Å²) in [7, 11) is 0. The SMILES string of the molecule is Cc1ccc(C2=CCOc3ccc(F)cc32)cc1. The molecule has 90 valence electrons. The predicted molar refractivity (Wildman–Crippen MR) is 70.2 cm³/mol. The van der Waals surface area contributed by atoms with Gasteiger partial charge in [-0.05, 0) is 42.3 Å². The lowest BCUT2D eigenvalue weighted by Crippen LogP contribution is -2.05. The molecule has 0 aliphatic carbocycles. The maximum atomic E-state index is 13.4. The fraction of sp³-hybridized carbons (Fsp3) is 0.125. The Bertz CT molecular complexity index is 611. The molecule has 0 spiro atoms. The van der Waals surface area contributed by atoms with E-state index in [1.807, 2.05) is 6.08 Å². The largest absolute Gasteiger partial charge is 0.489 e. The number of hydrogen-bond acceptors (Lipinski definition) is 1. The molecule has 0 fully saturated rings. The first-order chi connectivity index (χ1) is 8.74. The summed E-state index contributed by atoms with van der Waals surface area (Å²) in [6, 6.07) is 12.9. The minimum Gasteiger partial charge on any atom is -0.489 e. The molecule has 1 heterocycles. The van der Waals surface area contributed by atoms with Crippen LogP contribution in [0, 0.1) is 12.7 Å². The first kappa shape index (κ1) is 11.0. The minimum absolute atomic E-state index is 0.239. The fourth-order valence-corrected chi connectivity index (χ4v) is 2.17. The highest BCUT2D eigenvalue weighted by Crippen LogP contribution is 2.34. The summed E-state index contributed by atoms with van der Waals surface area (Å²) in [6.07, 6.45) is 1.99. The number of benzene rings is 2. The molecule has 3 rings (SSSR count). The van der Waals surface area contributed by atoms with Gasteiger partial charge in [0, 0.05) is 5.56 Å². The highest BCUT2D eigenvalue weighted by Gasteiger charge is 2.15. The van der Waals surface area contributed by atoms with Crippen LogP contribution in [0.1, 0.15) is 16.7 Å². The van der Waals surface area contributed by atoms with Gasteiger partial charge in [0.15, 0.2) is 0 Å². The Kier molecular flexibility index (Phi) is 2.63. The van der Waals surface area contributed by atoms with Crippen molar-refractivity contribution in [3.8, 4) is 5.75 Å². The zero-order valence-corrected chi connectivity index (χ0v) is 10.1. The average molecular weight is 240 g/mol. The molecule has 0 atom stereocenters. The quantitative estimate of drug-likeness (QED) is 0.733. The van der Waals surface area contributed by atoms with Crippen molar-refractivity contribution in [2.75, 3.05) is 6.61 Å². The fourth-order valence-electron chi connectivity index (χ4n) is 2.17. The number of ether oxygens (including phenoxy) is 1. The Morgan fingerprint density at radius 2 is 1.83 bits per heavy atom. The molecular formula is C16H13FO. The Balaban J connectivity index is 2.11. The number of hydrogen-bond donors (Lipinski definition) is 0. The van der Waals surface area contributed by atoms with Crippen molar-refractivity contribution in [2.24, 2.45) is 0 Å². The smallest absolute Gasteiger partial charge is 0.127 e. The molecule has 18 heavy (non-hydrogen) atoms. The van der Waals surface area contributed by atoms with E-state index in [1.165, 1.54) is 17.7 Å². The Morgan fingerprint density at radius 1 is 1.06 bits per heavy atom. The Labute approximate surface area is 106 Å². The van der Waals surface area contributed by atoms with Crippen LogP contribution in [0.3, 0.4) is 0 Å². The number of aryl methyl sites for hydroxylation is 1. The summed E-state index contributed by atoms with van der Waals surface area (Å²) in [5.41, 5.74) is 4.17. The van der Waals surface area contributed by atoms with E-state index in [0.717, 1.165) is 22.4 Å². The molecule has 0 saturated heterocycles. The second-order valence-corrected chi connectivity index (χ2v) is 4.44. The minimum atomic E-state index is -0.239. The second kappa shape index (κ2) is 4.30. The maximum Gasteiger partial charge on any atom is 0.127 e. The number of halogens is 1. The normalized spacial score (nSPS) is 13.6. The van der Waals surface area contributed by atoms with E-state index in [9.17, 15) is 4.39 Å². The first-order valence-corrected chi connectivity index (χ1v) is 5.94. The van der Waals surface area contributed by atoms with E-state index >= 15 is 0 Å². The van der Waals surface area contributed by atoms with Crippen LogP contribution in [-0.2, 0) is 0 Å². The summed E-state index contributed by atoms with van der Waals surface area (Å²) in [4.78, 5) is 0. The molecule has 0 unspecified atom stereocenters. The monoisotopic (exact) mass is 240 g/mol. The van der Waals surface area contributed by atoms with E-state index in [4.69, 9.17) is 4.74 Å². The molecule has 1 aliphatic rings. The molecule has 1 nitrogen and oxygen atoms in total. The lowest BCUT2D eigenvalue weighted by molar-refractivity contribution is 0.356. The van der Waals surface area contributed by atoms with Crippen molar-refractivity contribution >= 4 is 5.57 Å². The lowest BCUT2D eigenvalue weighted by Gasteiger charge is -2.19. The molecule has 0 radical (unpaired) electrons. The van der Waals surface area contributed by atoms with Gasteiger partial charge in [-0.2, -0.15) is 0 Å². The van der Waals surface area contributed by atoms with Crippen molar-refractivity contribution in [1.82, 2.24) is 0 Å². The molecule has 1 aliphatic heterocycles. The standard InChI is InChI=1S/C16H13FO/c1-11-2-4-12(5-3-11)14-8-9-18-16-7-6-13(17)10-15(14)16/h2-8,10H,9H2,1H3. The molecule has 0 bridgehead atoms. The summed E-state index contributed by atoms with van der Waals surface area (Å²) >= 11 is 0. The third kappa shape index (κ3) is 1.90. The van der Waals surface area contributed by atoms with Crippen LogP contribution < -0.4 is 4.74 Å². The zero-order chi connectivity index (χ0) is 12.5. The van der Waals surface area contributed by atoms with Crippen molar-refractivity contribution in [3.63, 3.8) is 0 Å². The van der Waals surface area contributed by atoms with Gasteiger partial charge in [-0.3, -0.25) is 0 Å². The van der Waals surface area contributed by atoms with Gasteiger partial charge < -0.3 is 4.74 Å². The average Bonchev–Trinajstić information content (AvgIpc) is 2.39. The van der Waals surface area contributed by atoms with Gasteiger partial charge in [-0.1, -0.05) is 29.8 Å². The third-order valence-electron chi connectivity index (χ3n) is 3.12. The van der Waals surface area contributed by atoms with Crippen molar-refractivity contribution in [3.05, 3.63) is 71.0 Å². The van der Waals surface area contributed by atoms with Crippen LogP contribution in [-0.4, -0.2) is 6.61 Å². The van der Waals surface area contributed by atoms with Crippen LogP contribution in [0.5, 0.6) is 5.75 Å². The molecule has 0 N–H and O–H groups in total. The Morgan fingerprint density at radius 3 is 2.61 bits per heavy atom. The number of rotatable bonds is 1. The molecule has 0 aromatic heterocycles. The van der Waals surface area contributed by atoms with Gasteiger partial charge in [0.1, 0.15) is 18.2 Å². The molecule has 2 aromatic rings. The molecule has 2 aromatic carbocycles. The highest BCUT2D eigenvalue weighted by molar-refractivity contribution is 5.83. The van der Waals surface area contributed by atoms with Crippen LogP contribution in [0.25, 0.3) is 5.57 Å². The maximum absolute atomic E-state index is 13.4. The van der Waals surface area contributed by atoms with E-state index in [2.05, 4.69) is 31.2 Å². The van der Waals surface area contributed by atoms with E-state index in [-0.39, 0.29) is 5.82 Å². The summed E-state index contributed by atoms with van der Waals surface area (Å²) in [5.74, 6) is 0.506. The first-order valence-electron chi connectivity index (χ1n) is 5.94. The van der Waals surface area contributed by atoms with Crippen LogP contribution in [0.15, 0.2) is 48.5 Å². The Hall–Kier alpha value is -2.09. The van der Waals surface area contributed by atoms with E-state index in [1.54, 1.807) is 6.07 Å². The van der Waals surface area contributed by atoms with Crippen molar-refractivity contribution in [2.45, 2.75) is 6.92 Å². The third-order valence-corrected chi connectivity index (χ3v) is 3.12. The van der Waals surface area contributed by atoms with Gasteiger partial charge in [0.2, 0.25) is 0 Å². The summed E-state index contributed by atoms with van der Waals surface area (Å²) in [6.45, 7) is 2.58. The molecule has 2 heteroatoms. The lowest BCUT2D eigenvalue weighted by atomic mass is 9.95. The van der Waals surface area contributed by atoms with Crippen LogP contribution in [0.2, 0.25) is 0 Å². The number of fused-ring (bicyclic) bond motifs is 1. The molecular weight excluding hydrogens is 227 g/mol. The second-order valence-electron chi connectivity index (χ2n) is 4.44. The van der Waals surface area contributed by atoms with Gasteiger partial charge >= 0.3 is 0 Å². The molecule has 0 amide bonds. The molecule has 0 saturated carbocycles. The zero-order valence-electron chi connectivity index (χ0n) is 10.1. The van der Waals surface area contributed by atoms with E-state index in [0.29, 0.717) is 6.61 Å². The summed E-state index contributed by atoms with van der Waals surface area (Å²) < 4.78 is 18.9. The topological polar surface area (TPSA) is 9.23 Å². The van der Waals surface area contributed by atoms with Gasteiger partial charge in [0.25, 0.3) is 0 Å². The van der Waals surface area contributed by atoms with Gasteiger partial charge in [0.05, 0.1) is 0 Å². The van der Waals surface area contributed by atoms with Crippen LogP contribution >= 0.6 is 0 Å². The van der Waals surface area contributed by atoms with Gasteiger partial charge in [-0.15, -0.1) is 0 Å². The summed E-state index contributed by atoms with van der Waals surface area (Å²) in [5, 5.41) is 0. The van der Waals surface area contributed by atoms with Crippen LogP contribution in [0.4, 0.5) is 4.39 Å². The van der Waals surface area contributed by atoms with Crippen molar-refractivity contribution < 1.29 is 9.13 Å². The van der Waals surface area contributed by atoms with E-state index < -0.39 is 0 Å². The van der Waals surface area contributed by atoms with Gasteiger partial charge in [-0.25, -0.2) is 4.39 Å². The predicted octanol–water partition coefficient (Wildman–Crippen LogP) is 3.96. The highest BCUT2D eigenvalue weighted by atomic mass is 19.1. The van der Waals surface area contributed by atoms with Crippen molar-refractivity contribution in [1.29, 1.82) is 0 Å².